The van der Waals surface area contributed by atoms with Crippen molar-refractivity contribution in [3.05, 3.63) is 48.7 Å². The summed E-state index contributed by atoms with van der Waals surface area (Å²) in [6.45, 7) is 5.74. The number of rotatable bonds is 3. The number of carbonyl (C=O) groups excluding carboxylic acids is 1. The molecule has 0 saturated carbocycles. The van der Waals surface area contributed by atoms with Crippen LogP contribution in [0.3, 0.4) is 0 Å². The summed E-state index contributed by atoms with van der Waals surface area (Å²) in [6, 6.07) is 12.9. The molecule has 0 fully saturated rings. The van der Waals surface area contributed by atoms with E-state index in [9.17, 15) is 4.79 Å². The van der Waals surface area contributed by atoms with Gasteiger partial charge in [-0.05, 0) is 45.0 Å². The second kappa shape index (κ2) is 6.72. The highest BCUT2D eigenvalue weighted by Crippen LogP contribution is 2.17. The van der Waals surface area contributed by atoms with Gasteiger partial charge >= 0.3 is 6.03 Å². The van der Waals surface area contributed by atoms with Gasteiger partial charge in [0.25, 0.3) is 0 Å². The average Bonchev–Trinajstić information content (AvgIpc) is 2.53. The minimum absolute atomic E-state index is 0.309. The summed E-state index contributed by atoms with van der Waals surface area (Å²) in [5, 5.41) is 9.46. The van der Waals surface area contributed by atoms with Gasteiger partial charge in [-0.2, -0.15) is 4.98 Å². The van der Waals surface area contributed by atoms with Crippen LogP contribution < -0.4 is 16.0 Å². The normalized spacial score (nSPS) is 11.2. The lowest BCUT2D eigenvalue weighted by Crippen LogP contribution is -2.43. The monoisotopic (exact) mass is 336 g/mol. The van der Waals surface area contributed by atoms with Gasteiger partial charge in [0.15, 0.2) is 5.65 Å². The van der Waals surface area contributed by atoms with Gasteiger partial charge in [0.2, 0.25) is 5.95 Å². The van der Waals surface area contributed by atoms with Crippen molar-refractivity contribution in [2.75, 3.05) is 10.6 Å². The maximum atomic E-state index is 12.0. The SMILES string of the molecule is CC(C)(C)NC(=O)Nc1ccc2cnc(Nc3ccccc3)nc2n1. The fourth-order valence-corrected chi connectivity index (χ4v) is 2.18. The van der Waals surface area contributed by atoms with Crippen LogP contribution in [-0.2, 0) is 0 Å². The van der Waals surface area contributed by atoms with Gasteiger partial charge in [-0.15, -0.1) is 0 Å². The zero-order valence-electron chi connectivity index (χ0n) is 14.4. The standard InChI is InChI=1S/C18H20N6O/c1-18(2,3)24-17(25)22-14-10-9-12-11-19-16(23-15(12)21-14)20-13-7-5-4-6-8-13/h4-11H,1-3H3,(H3,19,20,21,22,23,24,25). The zero-order valence-corrected chi connectivity index (χ0v) is 14.4. The van der Waals surface area contributed by atoms with Crippen molar-refractivity contribution < 1.29 is 4.79 Å². The molecule has 0 saturated heterocycles. The third kappa shape index (κ3) is 4.63. The molecule has 128 valence electrons. The predicted molar refractivity (Wildman–Crippen MR) is 99.0 cm³/mol. The highest BCUT2D eigenvalue weighted by molar-refractivity contribution is 5.90. The van der Waals surface area contributed by atoms with E-state index in [2.05, 4.69) is 30.9 Å². The fourth-order valence-electron chi connectivity index (χ4n) is 2.18. The van der Waals surface area contributed by atoms with Crippen molar-refractivity contribution in [2.45, 2.75) is 26.3 Å². The molecule has 0 aliphatic carbocycles. The average molecular weight is 336 g/mol. The first-order chi connectivity index (χ1) is 11.9. The first kappa shape index (κ1) is 16.6. The van der Waals surface area contributed by atoms with Crippen LogP contribution in [0.5, 0.6) is 0 Å². The highest BCUT2D eigenvalue weighted by atomic mass is 16.2. The van der Waals surface area contributed by atoms with E-state index in [-0.39, 0.29) is 11.6 Å². The first-order valence-electron chi connectivity index (χ1n) is 7.94. The lowest BCUT2D eigenvalue weighted by atomic mass is 10.1. The maximum absolute atomic E-state index is 12.0. The van der Waals surface area contributed by atoms with Crippen molar-refractivity contribution in [1.82, 2.24) is 20.3 Å². The molecule has 2 aromatic heterocycles. The summed E-state index contributed by atoms with van der Waals surface area (Å²) in [6.07, 6.45) is 1.69. The number of aromatic nitrogens is 3. The minimum atomic E-state index is -0.324. The van der Waals surface area contributed by atoms with Gasteiger partial charge < -0.3 is 10.6 Å². The molecule has 0 bridgehead atoms. The molecule has 7 heteroatoms. The van der Waals surface area contributed by atoms with Crippen molar-refractivity contribution in [3.8, 4) is 0 Å². The number of nitrogens with one attached hydrogen (secondary N) is 3. The van der Waals surface area contributed by atoms with E-state index in [4.69, 9.17) is 0 Å². The molecule has 0 aliphatic heterocycles. The molecule has 0 aliphatic rings. The van der Waals surface area contributed by atoms with Crippen LogP contribution in [0, 0.1) is 0 Å². The largest absolute Gasteiger partial charge is 0.333 e. The Morgan fingerprint density at radius 2 is 1.76 bits per heavy atom. The number of fused-ring (bicyclic) bond motifs is 1. The molecule has 3 aromatic rings. The quantitative estimate of drug-likeness (QED) is 0.678. The van der Waals surface area contributed by atoms with E-state index in [0.717, 1.165) is 11.1 Å². The van der Waals surface area contributed by atoms with E-state index in [0.29, 0.717) is 17.4 Å². The molecule has 3 rings (SSSR count). The third-order valence-corrected chi connectivity index (χ3v) is 3.20. The Bertz CT molecular complexity index is 889. The zero-order chi connectivity index (χ0) is 17.9. The van der Waals surface area contributed by atoms with Gasteiger partial charge in [-0.1, -0.05) is 18.2 Å². The topological polar surface area (TPSA) is 91.8 Å². The number of hydrogen-bond donors (Lipinski definition) is 3. The Hall–Kier alpha value is -3.22. The highest BCUT2D eigenvalue weighted by Gasteiger charge is 2.14. The summed E-state index contributed by atoms with van der Waals surface area (Å²) in [4.78, 5) is 25.0. The summed E-state index contributed by atoms with van der Waals surface area (Å²) in [5.74, 6) is 0.876. The molecule has 2 amide bonds. The van der Waals surface area contributed by atoms with Crippen LogP contribution >= 0.6 is 0 Å². The third-order valence-electron chi connectivity index (χ3n) is 3.20. The molecule has 0 unspecified atom stereocenters. The first-order valence-corrected chi connectivity index (χ1v) is 7.94. The number of amides is 2. The molecular weight excluding hydrogens is 316 g/mol. The van der Waals surface area contributed by atoms with E-state index in [1.807, 2.05) is 57.2 Å². The number of benzene rings is 1. The fraction of sp³-hybridized carbons (Fsp3) is 0.222. The molecule has 2 heterocycles. The molecule has 7 nitrogen and oxygen atoms in total. The molecule has 1 aromatic carbocycles. The number of para-hydroxylation sites is 1. The molecule has 0 radical (unpaired) electrons. The van der Waals surface area contributed by atoms with Gasteiger partial charge in [0.05, 0.1) is 0 Å². The van der Waals surface area contributed by atoms with E-state index >= 15 is 0 Å². The molecule has 3 N–H and O–H groups in total. The molecular formula is C18H20N6O. The lowest BCUT2D eigenvalue weighted by Gasteiger charge is -2.20. The van der Waals surface area contributed by atoms with E-state index < -0.39 is 0 Å². The van der Waals surface area contributed by atoms with Crippen molar-refractivity contribution in [3.63, 3.8) is 0 Å². The Kier molecular flexibility index (Phi) is 4.47. The smallest absolute Gasteiger partial charge is 0.320 e. The second-order valence-electron chi connectivity index (χ2n) is 6.62. The summed E-state index contributed by atoms with van der Waals surface area (Å²) in [5.41, 5.74) is 1.07. The molecule has 25 heavy (non-hydrogen) atoms. The predicted octanol–water partition coefficient (Wildman–Crippen LogP) is 3.69. The van der Waals surface area contributed by atoms with E-state index in [1.165, 1.54) is 0 Å². The Balaban J connectivity index is 1.80. The number of urea groups is 1. The van der Waals surface area contributed by atoms with Crippen LogP contribution in [-0.4, -0.2) is 26.5 Å². The van der Waals surface area contributed by atoms with Crippen LogP contribution in [0.1, 0.15) is 20.8 Å². The van der Waals surface area contributed by atoms with Gasteiger partial charge in [-0.25, -0.2) is 14.8 Å². The number of carbonyl (C=O) groups is 1. The van der Waals surface area contributed by atoms with Crippen LogP contribution in [0.25, 0.3) is 11.0 Å². The Morgan fingerprint density at radius 1 is 1.00 bits per heavy atom. The minimum Gasteiger partial charge on any atom is -0.333 e. The number of hydrogen-bond acceptors (Lipinski definition) is 5. The van der Waals surface area contributed by atoms with Gasteiger partial charge in [0.1, 0.15) is 5.82 Å². The van der Waals surface area contributed by atoms with Crippen LogP contribution in [0.4, 0.5) is 22.2 Å². The van der Waals surface area contributed by atoms with Crippen molar-refractivity contribution in [1.29, 1.82) is 0 Å². The van der Waals surface area contributed by atoms with Gasteiger partial charge in [0, 0.05) is 22.8 Å². The van der Waals surface area contributed by atoms with Crippen LogP contribution in [0.2, 0.25) is 0 Å². The lowest BCUT2D eigenvalue weighted by molar-refractivity contribution is 0.243. The maximum Gasteiger partial charge on any atom is 0.320 e. The van der Waals surface area contributed by atoms with Crippen molar-refractivity contribution in [2.24, 2.45) is 0 Å². The Labute approximate surface area is 145 Å². The van der Waals surface area contributed by atoms with Crippen molar-refractivity contribution >= 4 is 34.5 Å². The number of nitrogens with zero attached hydrogens (tertiary/aromatic N) is 3. The summed E-state index contributed by atoms with van der Waals surface area (Å²) in [7, 11) is 0. The van der Waals surface area contributed by atoms with Gasteiger partial charge in [-0.3, -0.25) is 5.32 Å². The summed E-state index contributed by atoms with van der Waals surface area (Å²) < 4.78 is 0. The Morgan fingerprint density at radius 3 is 2.48 bits per heavy atom. The molecule has 0 atom stereocenters. The number of pyridine rings is 1. The second-order valence-corrected chi connectivity index (χ2v) is 6.62. The van der Waals surface area contributed by atoms with Crippen LogP contribution in [0.15, 0.2) is 48.7 Å². The number of anilines is 3. The summed E-state index contributed by atoms with van der Waals surface area (Å²) >= 11 is 0. The van der Waals surface area contributed by atoms with E-state index in [1.54, 1.807) is 12.3 Å². The molecule has 0 spiro atoms.